The van der Waals surface area contributed by atoms with Gasteiger partial charge in [0.25, 0.3) is 0 Å². The van der Waals surface area contributed by atoms with E-state index in [4.69, 9.17) is 4.74 Å². The van der Waals surface area contributed by atoms with E-state index >= 15 is 0 Å². The maximum absolute atomic E-state index is 11.5. The van der Waals surface area contributed by atoms with Crippen molar-refractivity contribution in [3.05, 3.63) is 34.9 Å². The minimum Gasteiger partial charge on any atom is -0.372 e. The summed E-state index contributed by atoms with van der Waals surface area (Å²) in [6.07, 6.45) is 1.52. The summed E-state index contributed by atoms with van der Waals surface area (Å²) in [5.41, 5.74) is 3.73. The van der Waals surface area contributed by atoms with Gasteiger partial charge in [0.1, 0.15) is 9.84 Å². The number of hydrogen-bond acceptors (Lipinski definition) is 4. The van der Waals surface area contributed by atoms with Gasteiger partial charge in [-0.05, 0) is 36.6 Å². The Morgan fingerprint density at radius 2 is 2.05 bits per heavy atom. The molecule has 1 aromatic carbocycles. The van der Waals surface area contributed by atoms with Crippen molar-refractivity contribution < 1.29 is 13.2 Å². The molecule has 20 heavy (non-hydrogen) atoms. The molecule has 112 valence electrons. The standard InChI is InChI=1S/C15H23NO3S/c1-3-20(17,18)8-4-5-15(16-2)12-6-7-13-10-19-11-14(13)9-12/h6-7,9,15-16H,3-5,8,10-11H2,1-2H3. The molecule has 1 aromatic rings. The van der Waals surface area contributed by atoms with Crippen molar-refractivity contribution in [2.75, 3.05) is 18.6 Å². The zero-order valence-corrected chi connectivity index (χ0v) is 13.0. The van der Waals surface area contributed by atoms with Gasteiger partial charge in [0.2, 0.25) is 0 Å². The normalized spacial score (nSPS) is 16.1. The maximum Gasteiger partial charge on any atom is 0.150 e. The zero-order chi connectivity index (χ0) is 14.6. The number of hydrogen-bond donors (Lipinski definition) is 1. The van der Waals surface area contributed by atoms with Gasteiger partial charge in [0.05, 0.1) is 19.0 Å². The van der Waals surface area contributed by atoms with Gasteiger partial charge in [-0.1, -0.05) is 25.1 Å². The molecule has 0 saturated heterocycles. The van der Waals surface area contributed by atoms with Gasteiger partial charge < -0.3 is 10.1 Å². The highest BCUT2D eigenvalue weighted by atomic mass is 32.2. The van der Waals surface area contributed by atoms with E-state index in [1.807, 2.05) is 7.05 Å². The Kier molecular flexibility index (Phi) is 5.18. The Balaban J connectivity index is 1.98. The average molecular weight is 297 g/mol. The van der Waals surface area contributed by atoms with Gasteiger partial charge in [0.15, 0.2) is 0 Å². The van der Waals surface area contributed by atoms with E-state index in [0.717, 1.165) is 6.42 Å². The number of benzene rings is 1. The summed E-state index contributed by atoms with van der Waals surface area (Å²) in [6, 6.07) is 6.61. The van der Waals surface area contributed by atoms with Crippen molar-refractivity contribution in [1.82, 2.24) is 5.32 Å². The Morgan fingerprint density at radius 3 is 2.75 bits per heavy atom. The van der Waals surface area contributed by atoms with E-state index in [-0.39, 0.29) is 17.5 Å². The summed E-state index contributed by atoms with van der Waals surface area (Å²) >= 11 is 0. The number of nitrogens with one attached hydrogen (secondary N) is 1. The van der Waals surface area contributed by atoms with Gasteiger partial charge >= 0.3 is 0 Å². The molecule has 0 bridgehead atoms. The second kappa shape index (κ2) is 6.70. The Hall–Kier alpha value is -0.910. The molecule has 1 heterocycles. The van der Waals surface area contributed by atoms with Crippen LogP contribution in [0.1, 0.15) is 42.5 Å². The lowest BCUT2D eigenvalue weighted by molar-refractivity contribution is 0.134. The van der Waals surface area contributed by atoms with E-state index in [1.165, 1.54) is 16.7 Å². The van der Waals surface area contributed by atoms with Crippen LogP contribution in [0.15, 0.2) is 18.2 Å². The van der Waals surface area contributed by atoms with Crippen LogP contribution < -0.4 is 5.32 Å². The minimum absolute atomic E-state index is 0.202. The lowest BCUT2D eigenvalue weighted by atomic mass is 9.98. The van der Waals surface area contributed by atoms with Crippen molar-refractivity contribution in [3.63, 3.8) is 0 Å². The van der Waals surface area contributed by atoms with Crippen LogP contribution >= 0.6 is 0 Å². The van der Waals surface area contributed by atoms with Crippen LogP contribution in [-0.2, 0) is 27.8 Å². The van der Waals surface area contributed by atoms with Gasteiger partial charge in [-0.15, -0.1) is 0 Å². The molecule has 0 spiro atoms. The molecular formula is C15H23NO3S. The summed E-state index contributed by atoms with van der Waals surface area (Å²) in [7, 11) is -0.944. The Labute approximate surface area is 121 Å². The topological polar surface area (TPSA) is 55.4 Å². The van der Waals surface area contributed by atoms with Crippen molar-refractivity contribution in [2.24, 2.45) is 0 Å². The molecule has 1 atom stereocenters. The van der Waals surface area contributed by atoms with E-state index in [9.17, 15) is 8.42 Å². The van der Waals surface area contributed by atoms with Crippen LogP contribution in [0.3, 0.4) is 0 Å². The molecule has 0 amide bonds. The Morgan fingerprint density at radius 1 is 1.30 bits per heavy atom. The molecule has 4 nitrogen and oxygen atoms in total. The predicted octanol–water partition coefficient (Wildman–Crippen LogP) is 2.19. The van der Waals surface area contributed by atoms with E-state index in [0.29, 0.717) is 19.6 Å². The monoisotopic (exact) mass is 297 g/mol. The highest BCUT2D eigenvalue weighted by Gasteiger charge is 2.16. The van der Waals surface area contributed by atoms with E-state index in [1.54, 1.807) is 6.92 Å². The molecule has 0 aliphatic carbocycles. The molecule has 0 radical (unpaired) electrons. The molecule has 2 rings (SSSR count). The fourth-order valence-electron chi connectivity index (χ4n) is 2.54. The van der Waals surface area contributed by atoms with Crippen LogP contribution in [0.2, 0.25) is 0 Å². The van der Waals surface area contributed by atoms with Crippen LogP contribution in [0.4, 0.5) is 0 Å². The van der Waals surface area contributed by atoms with Gasteiger partial charge in [-0.25, -0.2) is 8.42 Å². The SMILES string of the molecule is CCS(=O)(=O)CCCC(NC)c1ccc2c(c1)COC2. The van der Waals surface area contributed by atoms with Gasteiger partial charge in [0, 0.05) is 11.8 Å². The van der Waals surface area contributed by atoms with Crippen LogP contribution in [-0.4, -0.2) is 27.0 Å². The Bertz CT molecular complexity index is 554. The minimum atomic E-state index is -2.86. The fourth-order valence-corrected chi connectivity index (χ4v) is 3.43. The summed E-state index contributed by atoms with van der Waals surface area (Å²) in [5, 5.41) is 3.28. The first-order valence-corrected chi connectivity index (χ1v) is 8.95. The highest BCUT2D eigenvalue weighted by molar-refractivity contribution is 7.91. The second-order valence-electron chi connectivity index (χ2n) is 5.24. The molecule has 0 fully saturated rings. The van der Waals surface area contributed by atoms with Crippen molar-refractivity contribution >= 4 is 9.84 Å². The number of fused-ring (bicyclic) bond motifs is 1. The number of sulfone groups is 1. The van der Waals surface area contributed by atoms with E-state index in [2.05, 4.69) is 23.5 Å². The average Bonchev–Trinajstić information content (AvgIpc) is 2.91. The zero-order valence-electron chi connectivity index (χ0n) is 12.2. The van der Waals surface area contributed by atoms with Crippen LogP contribution in [0.5, 0.6) is 0 Å². The first-order chi connectivity index (χ1) is 9.55. The molecule has 5 heteroatoms. The lowest BCUT2D eigenvalue weighted by Crippen LogP contribution is -2.18. The van der Waals surface area contributed by atoms with Gasteiger partial charge in [-0.3, -0.25) is 0 Å². The third kappa shape index (κ3) is 3.81. The molecule has 0 saturated carbocycles. The van der Waals surface area contributed by atoms with Crippen LogP contribution in [0.25, 0.3) is 0 Å². The predicted molar refractivity (Wildman–Crippen MR) is 80.3 cm³/mol. The molecule has 1 unspecified atom stereocenters. The largest absolute Gasteiger partial charge is 0.372 e. The summed E-state index contributed by atoms with van der Waals surface area (Å²) < 4.78 is 28.5. The fraction of sp³-hybridized carbons (Fsp3) is 0.600. The summed E-state index contributed by atoms with van der Waals surface area (Å²) in [5.74, 6) is 0.503. The van der Waals surface area contributed by atoms with Crippen molar-refractivity contribution in [2.45, 2.75) is 39.0 Å². The molecular weight excluding hydrogens is 274 g/mol. The smallest absolute Gasteiger partial charge is 0.150 e. The molecule has 1 aliphatic heterocycles. The van der Waals surface area contributed by atoms with Crippen molar-refractivity contribution in [3.8, 4) is 0 Å². The summed E-state index contributed by atoms with van der Waals surface area (Å²) in [4.78, 5) is 0. The highest BCUT2D eigenvalue weighted by Crippen LogP contribution is 2.26. The number of rotatable bonds is 7. The quantitative estimate of drug-likeness (QED) is 0.838. The molecule has 1 N–H and O–H groups in total. The third-order valence-corrected chi connectivity index (χ3v) is 5.67. The van der Waals surface area contributed by atoms with Gasteiger partial charge in [-0.2, -0.15) is 0 Å². The van der Waals surface area contributed by atoms with E-state index < -0.39 is 9.84 Å². The maximum atomic E-state index is 11.5. The second-order valence-corrected chi connectivity index (χ2v) is 7.71. The third-order valence-electron chi connectivity index (χ3n) is 3.88. The molecule has 0 aromatic heterocycles. The van der Waals surface area contributed by atoms with Crippen LogP contribution in [0, 0.1) is 0 Å². The number of ether oxygens (including phenoxy) is 1. The lowest BCUT2D eigenvalue weighted by Gasteiger charge is -2.17. The first-order valence-electron chi connectivity index (χ1n) is 7.13. The first kappa shape index (κ1) is 15.5. The van der Waals surface area contributed by atoms with Crippen molar-refractivity contribution in [1.29, 1.82) is 0 Å². The molecule has 1 aliphatic rings. The summed E-state index contributed by atoms with van der Waals surface area (Å²) in [6.45, 7) is 3.09.